The Hall–Kier alpha value is -1.57. The second-order valence-electron chi connectivity index (χ2n) is 5.09. The molecule has 2 N–H and O–H groups in total. The van der Waals surface area contributed by atoms with E-state index in [0.717, 1.165) is 12.2 Å². The average Bonchev–Trinajstić information content (AvgIpc) is 2.82. The molecule has 1 saturated heterocycles. The molecular formula is C12H19N5O2S. The van der Waals surface area contributed by atoms with E-state index in [2.05, 4.69) is 27.5 Å². The Morgan fingerprint density at radius 1 is 1.50 bits per heavy atom. The van der Waals surface area contributed by atoms with Crippen LogP contribution in [-0.2, 0) is 0 Å². The minimum absolute atomic E-state index is 0.0457. The summed E-state index contributed by atoms with van der Waals surface area (Å²) in [6.45, 7) is 4.46. The van der Waals surface area contributed by atoms with E-state index in [1.54, 1.807) is 14.0 Å². The Kier molecular flexibility index (Phi) is 4.32. The lowest BCUT2D eigenvalue weighted by atomic mass is 10.1. The highest BCUT2D eigenvalue weighted by Gasteiger charge is 2.31. The van der Waals surface area contributed by atoms with Crippen LogP contribution in [0.5, 0.6) is 0 Å². The van der Waals surface area contributed by atoms with Crippen molar-refractivity contribution in [2.75, 3.05) is 30.0 Å². The van der Waals surface area contributed by atoms with Gasteiger partial charge in [0.1, 0.15) is 5.69 Å². The van der Waals surface area contributed by atoms with Crippen LogP contribution < -0.4 is 10.6 Å². The van der Waals surface area contributed by atoms with Crippen molar-refractivity contribution in [3.8, 4) is 0 Å². The summed E-state index contributed by atoms with van der Waals surface area (Å²) < 4.78 is 0.118. The van der Waals surface area contributed by atoms with Crippen molar-refractivity contribution in [2.45, 2.75) is 31.4 Å². The number of aryl methyl sites for hydroxylation is 1. The Bertz CT molecular complexity index is 517. The van der Waals surface area contributed by atoms with Gasteiger partial charge in [-0.05, 0) is 32.4 Å². The van der Waals surface area contributed by atoms with E-state index in [1.165, 1.54) is 6.42 Å². The van der Waals surface area contributed by atoms with Gasteiger partial charge in [-0.3, -0.25) is 10.1 Å². The monoisotopic (exact) mass is 297 g/mol. The van der Waals surface area contributed by atoms with Crippen molar-refractivity contribution in [3.63, 3.8) is 0 Å². The van der Waals surface area contributed by atoms with Crippen LogP contribution in [0.15, 0.2) is 0 Å². The quantitative estimate of drug-likeness (QED) is 0.636. The second kappa shape index (κ2) is 5.82. The van der Waals surface area contributed by atoms with Gasteiger partial charge in [0.25, 0.3) is 0 Å². The maximum Gasteiger partial charge on any atom is 0.332 e. The highest BCUT2D eigenvalue weighted by Crippen LogP contribution is 2.38. The highest BCUT2D eigenvalue weighted by molar-refractivity contribution is 8.00. The zero-order chi connectivity index (χ0) is 14.8. The van der Waals surface area contributed by atoms with Gasteiger partial charge in [0.15, 0.2) is 0 Å². The summed E-state index contributed by atoms with van der Waals surface area (Å²) >= 11 is 1.90. The predicted molar refractivity (Wildman–Crippen MR) is 81.6 cm³/mol. The van der Waals surface area contributed by atoms with Gasteiger partial charge < -0.3 is 10.6 Å². The summed E-state index contributed by atoms with van der Waals surface area (Å²) in [5, 5.41) is 17.1. The molecule has 0 amide bonds. The van der Waals surface area contributed by atoms with Crippen LogP contribution >= 0.6 is 11.8 Å². The maximum absolute atomic E-state index is 11.2. The first kappa shape index (κ1) is 14.8. The Labute approximate surface area is 122 Å². The Morgan fingerprint density at radius 3 is 2.80 bits per heavy atom. The third kappa shape index (κ3) is 3.12. The lowest BCUT2D eigenvalue weighted by Crippen LogP contribution is -2.28. The minimum Gasteiger partial charge on any atom is -0.363 e. The van der Waals surface area contributed by atoms with Gasteiger partial charge >= 0.3 is 5.69 Å². The van der Waals surface area contributed by atoms with E-state index < -0.39 is 4.92 Å². The van der Waals surface area contributed by atoms with Crippen LogP contribution in [0.1, 0.15) is 25.5 Å². The van der Waals surface area contributed by atoms with Crippen LogP contribution in [0.3, 0.4) is 0 Å². The lowest BCUT2D eigenvalue weighted by Gasteiger charge is -2.23. The van der Waals surface area contributed by atoms with Crippen LogP contribution in [-0.4, -0.2) is 39.0 Å². The molecule has 0 aromatic carbocycles. The molecule has 1 aromatic rings. The summed E-state index contributed by atoms with van der Waals surface area (Å²) in [6.07, 6.45) is 2.30. The molecule has 1 atom stereocenters. The fraction of sp³-hybridized carbons (Fsp3) is 0.667. The standard InChI is InChI=1S/C12H19N5O2S/c1-8-9(17(18)19)10(16-11(13-3)15-8)14-7-12(2)5-4-6-20-12/h4-7H2,1-3H3,(H2,13,14,15,16). The third-order valence-corrected chi connectivity index (χ3v) is 4.93. The average molecular weight is 297 g/mol. The van der Waals surface area contributed by atoms with E-state index in [-0.39, 0.29) is 10.4 Å². The van der Waals surface area contributed by atoms with E-state index in [1.807, 2.05) is 11.8 Å². The highest BCUT2D eigenvalue weighted by atomic mass is 32.2. The van der Waals surface area contributed by atoms with Crippen molar-refractivity contribution < 1.29 is 4.92 Å². The first-order valence-corrected chi connectivity index (χ1v) is 7.52. The topological polar surface area (TPSA) is 93.0 Å². The summed E-state index contributed by atoms with van der Waals surface area (Å²) in [6, 6.07) is 0. The summed E-state index contributed by atoms with van der Waals surface area (Å²) in [5.41, 5.74) is 0.316. The molecule has 1 aromatic heterocycles. The number of hydrogen-bond donors (Lipinski definition) is 2. The molecule has 110 valence electrons. The van der Waals surface area contributed by atoms with E-state index in [0.29, 0.717) is 24.0 Å². The number of thioether (sulfide) groups is 1. The second-order valence-corrected chi connectivity index (χ2v) is 6.77. The zero-order valence-corrected chi connectivity index (χ0v) is 12.7. The fourth-order valence-electron chi connectivity index (χ4n) is 2.27. The predicted octanol–water partition coefficient (Wildman–Crippen LogP) is 2.43. The molecule has 2 heterocycles. The van der Waals surface area contributed by atoms with Gasteiger partial charge in [-0.15, -0.1) is 0 Å². The van der Waals surface area contributed by atoms with E-state index in [4.69, 9.17) is 0 Å². The molecule has 8 heteroatoms. The van der Waals surface area contributed by atoms with Crippen LogP contribution in [0.25, 0.3) is 0 Å². The molecule has 0 spiro atoms. The molecular weight excluding hydrogens is 278 g/mol. The van der Waals surface area contributed by atoms with Gasteiger partial charge in [0.05, 0.1) is 4.92 Å². The van der Waals surface area contributed by atoms with Crippen LogP contribution in [0.4, 0.5) is 17.5 Å². The smallest absolute Gasteiger partial charge is 0.332 e. The van der Waals surface area contributed by atoms with Crippen LogP contribution in [0, 0.1) is 17.0 Å². The van der Waals surface area contributed by atoms with Crippen LogP contribution in [0.2, 0.25) is 0 Å². The molecule has 0 saturated carbocycles. The van der Waals surface area contributed by atoms with Gasteiger partial charge in [0, 0.05) is 18.3 Å². The van der Waals surface area contributed by atoms with Crippen molar-refractivity contribution in [1.29, 1.82) is 0 Å². The number of nitro groups is 1. The SMILES string of the molecule is CNc1nc(C)c([N+](=O)[O-])c(NCC2(C)CCCS2)n1. The van der Waals surface area contributed by atoms with E-state index >= 15 is 0 Å². The number of nitrogens with one attached hydrogen (secondary N) is 2. The largest absolute Gasteiger partial charge is 0.363 e. The van der Waals surface area contributed by atoms with E-state index in [9.17, 15) is 10.1 Å². The first-order chi connectivity index (χ1) is 9.45. The van der Waals surface area contributed by atoms with Crippen molar-refractivity contribution in [3.05, 3.63) is 15.8 Å². The molecule has 0 radical (unpaired) electrons. The summed E-state index contributed by atoms with van der Waals surface area (Å²) in [4.78, 5) is 19.0. The van der Waals surface area contributed by atoms with Gasteiger partial charge in [-0.2, -0.15) is 16.7 Å². The molecule has 2 rings (SSSR count). The number of nitrogens with zero attached hydrogens (tertiary/aromatic N) is 3. The van der Waals surface area contributed by atoms with Crippen molar-refractivity contribution >= 4 is 29.2 Å². The Morgan fingerprint density at radius 2 is 2.25 bits per heavy atom. The molecule has 1 unspecified atom stereocenters. The molecule has 0 aliphatic carbocycles. The number of rotatable bonds is 5. The molecule has 1 aliphatic rings. The number of aromatic nitrogens is 2. The van der Waals surface area contributed by atoms with Gasteiger partial charge in [-0.25, -0.2) is 4.98 Å². The summed E-state index contributed by atoms with van der Waals surface area (Å²) in [7, 11) is 1.69. The number of anilines is 2. The van der Waals surface area contributed by atoms with Gasteiger partial charge in [0.2, 0.25) is 11.8 Å². The molecule has 0 bridgehead atoms. The first-order valence-electron chi connectivity index (χ1n) is 6.54. The summed E-state index contributed by atoms with van der Waals surface area (Å²) in [5.74, 6) is 1.82. The lowest BCUT2D eigenvalue weighted by molar-refractivity contribution is -0.385. The number of hydrogen-bond acceptors (Lipinski definition) is 7. The molecule has 7 nitrogen and oxygen atoms in total. The minimum atomic E-state index is -0.429. The van der Waals surface area contributed by atoms with Gasteiger partial charge in [-0.1, -0.05) is 0 Å². The third-order valence-electron chi connectivity index (χ3n) is 3.39. The molecule has 20 heavy (non-hydrogen) atoms. The van der Waals surface area contributed by atoms with Crippen molar-refractivity contribution in [2.24, 2.45) is 0 Å². The fourth-order valence-corrected chi connectivity index (χ4v) is 3.51. The molecule has 1 aliphatic heterocycles. The zero-order valence-electron chi connectivity index (χ0n) is 11.9. The normalized spacial score (nSPS) is 21.8. The molecule has 1 fully saturated rings. The van der Waals surface area contributed by atoms with Crippen molar-refractivity contribution in [1.82, 2.24) is 9.97 Å². The Balaban J connectivity index is 2.24. The maximum atomic E-state index is 11.2.